The van der Waals surface area contributed by atoms with Gasteiger partial charge in [-0.05, 0) is 38.8 Å². The van der Waals surface area contributed by atoms with E-state index in [0.717, 1.165) is 18.9 Å². The van der Waals surface area contributed by atoms with E-state index < -0.39 is 16.3 Å². The minimum absolute atomic E-state index is 0.00115. The normalized spacial score (nSPS) is 16.9. The Morgan fingerprint density at radius 1 is 1.62 bits per heavy atom. The summed E-state index contributed by atoms with van der Waals surface area (Å²) in [7, 11) is 1.67. The summed E-state index contributed by atoms with van der Waals surface area (Å²) in [6, 6.07) is 4.33. The molecule has 0 aromatic heterocycles. The van der Waals surface area contributed by atoms with Crippen LogP contribution < -0.4 is 10.1 Å². The summed E-state index contributed by atoms with van der Waals surface area (Å²) in [5.41, 5.74) is -0.820. The number of rotatable bonds is 6. The zero-order chi connectivity index (χ0) is 15.6. The highest BCUT2D eigenvalue weighted by molar-refractivity contribution is 5.45. The van der Waals surface area contributed by atoms with Gasteiger partial charge in [-0.1, -0.05) is 0 Å². The van der Waals surface area contributed by atoms with Gasteiger partial charge in [-0.3, -0.25) is 15.4 Å². The van der Waals surface area contributed by atoms with Gasteiger partial charge in [0.1, 0.15) is 12.1 Å². The van der Waals surface area contributed by atoms with Crippen molar-refractivity contribution in [1.82, 2.24) is 5.32 Å². The lowest BCUT2D eigenvalue weighted by Crippen LogP contribution is -2.49. The fourth-order valence-corrected chi connectivity index (χ4v) is 2.29. The first kappa shape index (κ1) is 15.2. The summed E-state index contributed by atoms with van der Waals surface area (Å²) in [5.74, 6) is -0.686. The molecule has 1 aromatic carbocycles. The molecule has 1 aromatic rings. The van der Waals surface area contributed by atoms with E-state index in [9.17, 15) is 19.8 Å². The van der Waals surface area contributed by atoms with Crippen LogP contribution in [0.4, 0.5) is 10.1 Å². The number of hydrogen-bond donors (Lipinski definition) is 1. The van der Waals surface area contributed by atoms with E-state index in [-0.39, 0.29) is 24.0 Å². The molecule has 1 atom stereocenters. The quantitative estimate of drug-likeness (QED) is 0.642. The summed E-state index contributed by atoms with van der Waals surface area (Å²) in [5, 5.41) is 23.0. The van der Waals surface area contributed by atoms with Gasteiger partial charge in [0.15, 0.2) is 11.6 Å². The van der Waals surface area contributed by atoms with Gasteiger partial charge in [-0.25, -0.2) is 4.39 Å². The maximum absolute atomic E-state index is 13.9. The topological polar surface area (TPSA) is 88.2 Å². The number of ether oxygens (including phenoxy) is 1. The van der Waals surface area contributed by atoms with Crippen molar-refractivity contribution < 1.29 is 14.1 Å². The van der Waals surface area contributed by atoms with E-state index in [4.69, 9.17) is 4.74 Å². The number of nitro benzene ring substituents is 1. The van der Waals surface area contributed by atoms with Gasteiger partial charge in [-0.2, -0.15) is 5.26 Å². The van der Waals surface area contributed by atoms with Crippen molar-refractivity contribution in [2.75, 3.05) is 13.7 Å². The Morgan fingerprint density at radius 2 is 2.29 bits per heavy atom. The molecule has 1 aliphatic carbocycles. The molecule has 0 bridgehead atoms. The largest absolute Gasteiger partial charge is 0.487 e. The molecule has 0 aliphatic heterocycles. The summed E-state index contributed by atoms with van der Waals surface area (Å²) >= 11 is 0. The van der Waals surface area contributed by atoms with Gasteiger partial charge in [0.05, 0.1) is 17.1 Å². The first-order chi connectivity index (χ1) is 9.93. The Labute approximate surface area is 121 Å². The molecule has 1 fully saturated rings. The highest BCUT2D eigenvalue weighted by Crippen LogP contribution is 2.40. The fourth-order valence-electron chi connectivity index (χ4n) is 2.29. The van der Waals surface area contributed by atoms with Gasteiger partial charge in [-0.15, -0.1) is 0 Å². The SMILES string of the molecule is CNC(C#N)(COc1cc(C)c([N+](=O)[O-])cc1F)C1CC1. The third kappa shape index (κ3) is 2.95. The molecule has 112 valence electrons. The smallest absolute Gasteiger partial charge is 0.275 e. The van der Waals surface area contributed by atoms with Crippen molar-refractivity contribution in [3.8, 4) is 11.8 Å². The van der Waals surface area contributed by atoms with E-state index in [1.807, 2.05) is 0 Å². The Morgan fingerprint density at radius 3 is 2.76 bits per heavy atom. The molecule has 6 nitrogen and oxygen atoms in total. The molecule has 0 spiro atoms. The lowest BCUT2D eigenvalue weighted by atomic mass is 9.96. The average Bonchev–Trinajstić information content (AvgIpc) is 3.28. The van der Waals surface area contributed by atoms with Gasteiger partial charge in [0.25, 0.3) is 5.69 Å². The van der Waals surface area contributed by atoms with Gasteiger partial charge in [0, 0.05) is 5.56 Å². The average molecular weight is 293 g/mol. The third-order valence-corrected chi connectivity index (χ3v) is 3.82. The number of halogens is 1. The van der Waals surface area contributed by atoms with E-state index >= 15 is 0 Å². The van der Waals surface area contributed by atoms with Gasteiger partial charge in [0.2, 0.25) is 0 Å². The monoisotopic (exact) mass is 293 g/mol. The lowest BCUT2D eigenvalue weighted by Gasteiger charge is -2.26. The first-order valence-electron chi connectivity index (χ1n) is 6.61. The Balaban J connectivity index is 2.19. The van der Waals surface area contributed by atoms with Crippen LogP contribution in [0.3, 0.4) is 0 Å². The van der Waals surface area contributed by atoms with Crippen LogP contribution in [-0.4, -0.2) is 24.1 Å². The minimum atomic E-state index is -0.845. The van der Waals surface area contributed by atoms with Crippen molar-refractivity contribution >= 4 is 5.69 Å². The zero-order valence-corrected chi connectivity index (χ0v) is 11.9. The number of likely N-dealkylation sites (N-methyl/N-ethyl adjacent to an activating group) is 1. The number of nitriles is 1. The van der Waals surface area contributed by atoms with Crippen LogP contribution in [0.2, 0.25) is 0 Å². The third-order valence-electron chi connectivity index (χ3n) is 3.82. The molecule has 1 unspecified atom stereocenters. The van der Waals surface area contributed by atoms with Crippen LogP contribution in [-0.2, 0) is 0 Å². The summed E-state index contributed by atoms with van der Waals surface area (Å²) in [4.78, 5) is 10.1. The molecular weight excluding hydrogens is 277 g/mol. The highest BCUT2D eigenvalue weighted by atomic mass is 19.1. The molecule has 0 heterocycles. The van der Waals surface area contributed by atoms with Crippen molar-refractivity contribution in [1.29, 1.82) is 5.26 Å². The van der Waals surface area contributed by atoms with Crippen molar-refractivity contribution in [2.24, 2.45) is 5.92 Å². The number of nitro groups is 1. The first-order valence-corrected chi connectivity index (χ1v) is 6.61. The van der Waals surface area contributed by atoms with Crippen LogP contribution >= 0.6 is 0 Å². The van der Waals surface area contributed by atoms with Gasteiger partial charge >= 0.3 is 0 Å². The highest BCUT2D eigenvalue weighted by Gasteiger charge is 2.45. The molecular formula is C14H16FN3O3. The minimum Gasteiger partial charge on any atom is -0.487 e. The molecule has 1 N–H and O–H groups in total. The Kier molecular flexibility index (Phi) is 4.09. The number of benzene rings is 1. The van der Waals surface area contributed by atoms with E-state index in [2.05, 4.69) is 11.4 Å². The Hall–Kier alpha value is -2.20. The van der Waals surface area contributed by atoms with E-state index in [1.54, 1.807) is 7.05 Å². The standard InChI is InChI=1S/C14H16FN3O3/c1-9-5-13(11(15)6-12(9)18(19)20)21-8-14(7-16,17-2)10-3-4-10/h5-6,10,17H,3-4,8H2,1-2H3. The molecule has 0 radical (unpaired) electrons. The number of nitrogens with one attached hydrogen (secondary N) is 1. The second-order valence-electron chi connectivity index (χ2n) is 5.22. The Bertz CT molecular complexity index is 610. The molecule has 2 rings (SSSR count). The van der Waals surface area contributed by atoms with Crippen LogP contribution in [0.25, 0.3) is 0 Å². The van der Waals surface area contributed by atoms with Crippen molar-refractivity contribution in [3.05, 3.63) is 33.6 Å². The molecule has 21 heavy (non-hydrogen) atoms. The van der Waals surface area contributed by atoms with Crippen molar-refractivity contribution in [3.63, 3.8) is 0 Å². The predicted octanol–water partition coefficient (Wildman–Crippen LogP) is 2.31. The van der Waals surface area contributed by atoms with Crippen molar-refractivity contribution in [2.45, 2.75) is 25.3 Å². The zero-order valence-electron chi connectivity index (χ0n) is 11.9. The molecule has 1 aliphatic rings. The van der Waals surface area contributed by atoms with E-state index in [0.29, 0.717) is 5.56 Å². The molecule has 1 saturated carbocycles. The summed E-state index contributed by atoms with van der Waals surface area (Å²) < 4.78 is 19.3. The predicted molar refractivity (Wildman–Crippen MR) is 73.4 cm³/mol. The second-order valence-corrected chi connectivity index (χ2v) is 5.22. The number of nitrogens with zero attached hydrogens (tertiary/aromatic N) is 2. The lowest BCUT2D eigenvalue weighted by molar-refractivity contribution is -0.385. The molecule has 0 amide bonds. The summed E-state index contributed by atoms with van der Waals surface area (Å²) in [6.07, 6.45) is 1.86. The van der Waals surface area contributed by atoms with Crippen LogP contribution in [0.5, 0.6) is 5.75 Å². The van der Waals surface area contributed by atoms with E-state index in [1.165, 1.54) is 13.0 Å². The van der Waals surface area contributed by atoms with Gasteiger partial charge < -0.3 is 4.74 Å². The molecule has 7 heteroatoms. The fraction of sp³-hybridized carbons (Fsp3) is 0.500. The maximum atomic E-state index is 13.9. The van der Waals surface area contributed by atoms with Crippen LogP contribution in [0.15, 0.2) is 12.1 Å². The summed E-state index contributed by atoms with van der Waals surface area (Å²) in [6.45, 7) is 1.51. The number of hydrogen-bond acceptors (Lipinski definition) is 5. The van der Waals surface area contributed by atoms with Crippen LogP contribution in [0, 0.1) is 40.1 Å². The number of aryl methyl sites for hydroxylation is 1. The molecule has 0 saturated heterocycles. The second kappa shape index (κ2) is 5.66. The van der Waals surface area contributed by atoms with Crippen LogP contribution in [0.1, 0.15) is 18.4 Å². The maximum Gasteiger partial charge on any atom is 0.275 e.